The number of rotatable bonds is 5. The van der Waals surface area contributed by atoms with E-state index in [1.807, 2.05) is 0 Å². The minimum absolute atomic E-state index is 0.302. The summed E-state index contributed by atoms with van der Waals surface area (Å²) >= 11 is 0. The Balaban J connectivity index is 1.19. The van der Waals surface area contributed by atoms with E-state index in [0.717, 1.165) is 43.4 Å². The van der Waals surface area contributed by atoms with Gasteiger partial charge in [-0.15, -0.1) is 0 Å². The predicted octanol–water partition coefficient (Wildman–Crippen LogP) is 1.27. The second-order valence-corrected chi connectivity index (χ2v) is 8.17. The number of hydrogen-bond donors (Lipinski definition) is 1. The smallest absolute Gasteiger partial charge is 0.0558 e. The number of aliphatic hydroxyl groups is 1. The topological polar surface area (TPSA) is 30.0 Å². The molecule has 0 aromatic carbocycles. The normalized spacial score (nSPS) is 37.0. The Labute approximate surface area is 141 Å². The van der Waals surface area contributed by atoms with Gasteiger partial charge in [-0.3, -0.25) is 9.80 Å². The van der Waals surface area contributed by atoms with Crippen molar-refractivity contribution in [3.63, 3.8) is 0 Å². The standard InChI is InChI=1S/C19H33N3O/c23-12-11-20-7-9-22(10-8-20)19-3-5-21(6-4-19)15-18-14-16-1-2-17(18)13-16/h1-2,16-19,23H,3-15H2/t16-,17+,18-/m0/s1. The van der Waals surface area contributed by atoms with Crippen LogP contribution in [0, 0.1) is 17.8 Å². The van der Waals surface area contributed by atoms with Crippen molar-refractivity contribution in [2.75, 3.05) is 59.0 Å². The van der Waals surface area contributed by atoms with Gasteiger partial charge >= 0.3 is 0 Å². The molecular weight excluding hydrogens is 286 g/mol. The summed E-state index contributed by atoms with van der Waals surface area (Å²) in [5.41, 5.74) is 0. The highest BCUT2D eigenvalue weighted by molar-refractivity contribution is 5.10. The van der Waals surface area contributed by atoms with E-state index < -0.39 is 0 Å². The zero-order valence-corrected chi connectivity index (χ0v) is 14.4. The van der Waals surface area contributed by atoms with Gasteiger partial charge in [0.15, 0.2) is 0 Å². The van der Waals surface area contributed by atoms with Gasteiger partial charge in [0.2, 0.25) is 0 Å². The molecule has 1 saturated carbocycles. The van der Waals surface area contributed by atoms with Crippen LogP contribution in [0.3, 0.4) is 0 Å². The quantitative estimate of drug-likeness (QED) is 0.773. The van der Waals surface area contributed by atoms with Crippen LogP contribution in [-0.2, 0) is 0 Å². The zero-order valence-electron chi connectivity index (χ0n) is 14.4. The minimum Gasteiger partial charge on any atom is -0.395 e. The van der Waals surface area contributed by atoms with E-state index in [0.29, 0.717) is 6.61 Å². The third-order valence-corrected chi connectivity index (χ3v) is 6.81. The average Bonchev–Trinajstić information content (AvgIpc) is 3.20. The summed E-state index contributed by atoms with van der Waals surface area (Å²) in [6.07, 6.45) is 10.6. The SMILES string of the molecule is OCCN1CCN(C2CCN(C[C@@H]3C[C@H]4C=C[C@@H]3C4)CC2)CC1. The number of aliphatic hydroxyl groups excluding tert-OH is 1. The Morgan fingerprint density at radius 3 is 2.26 bits per heavy atom. The third kappa shape index (κ3) is 3.65. The van der Waals surface area contributed by atoms with Crippen LogP contribution in [0.25, 0.3) is 0 Å². The van der Waals surface area contributed by atoms with Gasteiger partial charge in [-0.2, -0.15) is 0 Å². The number of likely N-dealkylation sites (tertiary alicyclic amines) is 1. The fraction of sp³-hybridized carbons (Fsp3) is 0.895. The van der Waals surface area contributed by atoms with Gasteiger partial charge in [0, 0.05) is 45.3 Å². The lowest BCUT2D eigenvalue weighted by Gasteiger charge is -2.43. The van der Waals surface area contributed by atoms with Crippen molar-refractivity contribution in [3.8, 4) is 0 Å². The van der Waals surface area contributed by atoms with Crippen LogP contribution in [0.15, 0.2) is 12.2 Å². The molecule has 3 atom stereocenters. The molecule has 0 aromatic heterocycles. The van der Waals surface area contributed by atoms with Crippen LogP contribution in [0.2, 0.25) is 0 Å². The highest BCUT2D eigenvalue weighted by atomic mass is 16.3. The number of allylic oxidation sites excluding steroid dienone is 2. The number of β-amino-alcohol motifs (C(OH)–C–C–N with tert-alkyl or cyclic N) is 1. The Morgan fingerprint density at radius 1 is 0.870 bits per heavy atom. The molecule has 4 heteroatoms. The summed E-state index contributed by atoms with van der Waals surface area (Å²) in [6.45, 7) is 9.78. The second-order valence-electron chi connectivity index (χ2n) is 8.17. The van der Waals surface area contributed by atoms with Crippen molar-refractivity contribution >= 4 is 0 Å². The van der Waals surface area contributed by atoms with Gasteiger partial charge in [-0.1, -0.05) is 12.2 Å². The Kier molecular flexibility index (Phi) is 5.04. The van der Waals surface area contributed by atoms with Gasteiger partial charge in [-0.25, -0.2) is 0 Å². The molecule has 2 aliphatic heterocycles. The molecule has 0 amide bonds. The molecule has 2 saturated heterocycles. The molecule has 0 aromatic rings. The van der Waals surface area contributed by atoms with E-state index in [1.165, 1.54) is 58.4 Å². The van der Waals surface area contributed by atoms with Gasteiger partial charge < -0.3 is 10.0 Å². The van der Waals surface area contributed by atoms with Crippen LogP contribution in [0.1, 0.15) is 25.7 Å². The molecule has 4 aliphatic rings. The first-order valence-corrected chi connectivity index (χ1v) is 9.80. The van der Waals surface area contributed by atoms with Crippen molar-refractivity contribution in [1.82, 2.24) is 14.7 Å². The maximum absolute atomic E-state index is 9.05. The maximum atomic E-state index is 9.05. The lowest BCUT2D eigenvalue weighted by atomic mass is 9.92. The first-order valence-electron chi connectivity index (χ1n) is 9.80. The summed E-state index contributed by atoms with van der Waals surface area (Å²) < 4.78 is 0. The molecule has 2 bridgehead atoms. The summed E-state index contributed by atoms with van der Waals surface area (Å²) in [4.78, 5) is 7.86. The number of piperidine rings is 1. The fourth-order valence-corrected chi connectivity index (χ4v) is 5.40. The van der Waals surface area contributed by atoms with Gasteiger partial charge in [0.05, 0.1) is 6.61 Å². The zero-order chi connectivity index (χ0) is 15.6. The summed E-state index contributed by atoms with van der Waals surface area (Å²) in [5, 5.41) is 9.05. The fourth-order valence-electron chi connectivity index (χ4n) is 5.40. The predicted molar refractivity (Wildman–Crippen MR) is 93.4 cm³/mol. The Bertz CT molecular complexity index is 411. The van der Waals surface area contributed by atoms with Crippen molar-refractivity contribution < 1.29 is 5.11 Å². The molecule has 23 heavy (non-hydrogen) atoms. The van der Waals surface area contributed by atoms with Crippen molar-refractivity contribution in [3.05, 3.63) is 12.2 Å². The number of piperazine rings is 1. The Hall–Kier alpha value is -0.420. The monoisotopic (exact) mass is 319 g/mol. The number of fused-ring (bicyclic) bond motifs is 2. The van der Waals surface area contributed by atoms with Crippen LogP contribution in [0.4, 0.5) is 0 Å². The average molecular weight is 319 g/mol. The molecule has 1 N–H and O–H groups in total. The van der Waals surface area contributed by atoms with Crippen LogP contribution in [0.5, 0.6) is 0 Å². The van der Waals surface area contributed by atoms with Gasteiger partial charge in [0.25, 0.3) is 0 Å². The maximum Gasteiger partial charge on any atom is 0.0558 e. The highest BCUT2D eigenvalue weighted by Crippen LogP contribution is 2.43. The Morgan fingerprint density at radius 2 is 1.65 bits per heavy atom. The second kappa shape index (κ2) is 7.22. The lowest BCUT2D eigenvalue weighted by molar-refractivity contribution is 0.0490. The van der Waals surface area contributed by atoms with Crippen molar-refractivity contribution in [2.45, 2.75) is 31.7 Å². The highest BCUT2D eigenvalue weighted by Gasteiger charge is 2.37. The van der Waals surface area contributed by atoms with Gasteiger partial charge in [0.1, 0.15) is 0 Å². The molecule has 4 rings (SSSR count). The molecule has 0 spiro atoms. The van der Waals surface area contributed by atoms with Gasteiger partial charge in [-0.05, 0) is 56.5 Å². The molecular formula is C19H33N3O. The van der Waals surface area contributed by atoms with E-state index in [4.69, 9.17) is 5.11 Å². The first kappa shape index (κ1) is 16.1. The third-order valence-electron chi connectivity index (χ3n) is 6.81. The van der Waals surface area contributed by atoms with E-state index in [9.17, 15) is 0 Å². The van der Waals surface area contributed by atoms with E-state index >= 15 is 0 Å². The van der Waals surface area contributed by atoms with Crippen LogP contribution < -0.4 is 0 Å². The van der Waals surface area contributed by atoms with Crippen molar-refractivity contribution in [2.24, 2.45) is 17.8 Å². The molecule has 0 unspecified atom stereocenters. The number of hydrogen-bond acceptors (Lipinski definition) is 4. The molecule has 3 fully saturated rings. The molecule has 2 aliphatic carbocycles. The lowest BCUT2D eigenvalue weighted by Crippen LogP contribution is -2.53. The summed E-state index contributed by atoms with van der Waals surface area (Å²) in [6, 6.07) is 0.808. The largest absolute Gasteiger partial charge is 0.395 e. The summed E-state index contributed by atoms with van der Waals surface area (Å²) in [7, 11) is 0. The van der Waals surface area contributed by atoms with E-state index in [2.05, 4.69) is 26.9 Å². The van der Waals surface area contributed by atoms with Crippen LogP contribution >= 0.6 is 0 Å². The van der Waals surface area contributed by atoms with Crippen molar-refractivity contribution in [1.29, 1.82) is 0 Å². The first-order chi connectivity index (χ1) is 11.3. The van der Waals surface area contributed by atoms with Crippen LogP contribution in [-0.4, -0.2) is 84.8 Å². The van der Waals surface area contributed by atoms with E-state index in [-0.39, 0.29) is 0 Å². The molecule has 0 radical (unpaired) electrons. The summed E-state index contributed by atoms with van der Waals surface area (Å²) in [5.74, 6) is 2.76. The molecule has 4 nitrogen and oxygen atoms in total. The number of nitrogens with zero attached hydrogens (tertiary/aromatic N) is 3. The molecule has 130 valence electrons. The minimum atomic E-state index is 0.302. The molecule has 2 heterocycles. The van der Waals surface area contributed by atoms with E-state index in [1.54, 1.807) is 0 Å².